The van der Waals surface area contributed by atoms with Gasteiger partial charge in [0.15, 0.2) is 0 Å². The number of hydrogen-bond acceptors (Lipinski definition) is 6. The fourth-order valence-corrected chi connectivity index (χ4v) is 3.51. The smallest absolute Gasteiger partial charge is 0.293 e. The number of rotatable bonds is 6. The van der Waals surface area contributed by atoms with Crippen LogP contribution >= 0.6 is 23.4 Å². The molecule has 9 heteroatoms. The van der Waals surface area contributed by atoms with E-state index in [-0.39, 0.29) is 28.8 Å². The summed E-state index contributed by atoms with van der Waals surface area (Å²) in [5, 5.41) is 10.7. The van der Waals surface area contributed by atoms with Gasteiger partial charge in [-0.3, -0.25) is 24.6 Å². The zero-order valence-electron chi connectivity index (χ0n) is 14.8. The normalized spacial score (nSPS) is 15.4. The van der Waals surface area contributed by atoms with Gasteiger partial charge < -0.3 is 4.74 Å². The fraction of sp³-hybridized carbons (Fsp3) is 0.158. The number of carbonyl (C=O) groups is 2. The summed E-state index contributed by atoms with van der Waals surface area (Å²) in [7, 11) is 0. The molecule has 1 aliphatic rings. The minimum Gasteiger partial charge on any atom is -0.492 e. The number of nitro groups is 1. The Bertz CT molecular complexity index is 975. The van der Waals surface area contributed by atoms with Crippen molar-refractivity contribution < 1.29 is 19.2 Å². The monoisotopic (exact) mass is 418 g/mol. The highest BCUT2D eigenvalue weighted by Gasteiger charge is 2.35. The first-order chi connectivity index (χ1) is 13.3. The highest BCUT2D eigenvalue weighted by molar-refractivity contribution is 8.18. The van der Waals surface area contributed by atoms with Crippen LogP contribution in [0.3, 0.4) is 0 Å². The molecule has 1 fully saturated rings. The van der Waals surface area contributed by atoms with Crippen molar-refractivity contribution in [1.29, 1.82) is 0 Å². The quantitative estimate of drug-likeness (QED) is 0.384. The van der Waals surface area contributed by atoms with E-state index < -0.39 is 16.1 Å². The molecular weight excluding hydrogens is 404 g/mol. The van der Waals surface area contributed by atoms with Crippen LogP contribution in [-0.2, 0) is 4.79 Å². The number of amides is 2. The van der Waals surface area contributed by atoms with Gasteiger partial charge in [-0.15, -0.1) is 0 Å². The highest BCUT2D eigenvalue weighted by atomic mass is 35.5. The van der Waals surface area contributed by atoms with E-state index in [2.05, 4.69) is 0 Å². The van der Waals surface area contributed by atoms with Crippen molar-refractivity contribution in [2.24, 2.45) is 0 Å². The van der Waals surface area contributed by atoms with Crippen molar-refractivity contribution in [3.05, 3.63) is 73.6 Å². The molecule has 28 heavy (non-hydrogen) atoms. The van der Waals surface area contributed by atoms with Gasteiger partial charge in [0, 0.05) is 22.7 Å². The third-order valence-electron chi connectivity index (χ3n) is 3.96. The van der Waals surface area contributed by atoms with Crippen LogP contribution in [0.15, 0.2) is 47.4 Å². The lowest BCUT2D eigenvalue weighted by molar-refractivity contribution is -0.384. The molecule has 0 radical (unpaired) electrons. The van der Waals surface area contributed by atoms with Gasteiger partial charge in [0.2, 0.25) is 0 Å². The molecule has 2 aromatic rings. The molecule has 0 atom stereocenters. The van der Waals surface area contributed by atoms with Gasteiger partial charge in [-0.1, -0.05) is 29.3 Å². The van der Waals surface area contributed by atoms with Gasteiger partial charge in [0.05, 0.1) is 16.4 Å². The predicted octanol–water partition coefficient (Wildman–Crippen LogP) is 4.67. The number of ether oxygens (including phenoxy) is 1. The van der Waals surface area contributed by atoms with Crippen LogP contribution in [0, 0.1) is 17.0 Å². The molecule has 3 rings (SSSR count). The number of halogens is 1. The van der Waals surface area contributed by atoms with Crippen LogP contribution in [-0.4, -0.2) is 34.1 Å². The molecule has 0 bridgehead atoms. The van der Waals surface area contributed by atoms with Crippen LogP contribution in [0.1, 0.15) is 11.1 Å². The first-order valence-corrected chi connectivity index (χ1v) is 9.43. The molecule has 0 saturated carbocycles. The number of non-ortho nitro benzene ring substituents is 1. The maximum absolute atomic E-state index is 12.5. The summed E-state index contributed by atoms with van der Waals surface area (Å²) in [6.07, 6.45) is 1.39. The van der Waals surface area contributed by atoms with Crippen molar-refractivity contribution in [1.82, 2.24) is 4.90 Å². The van der Waals surface area contributed by atoms with Crippen molar-refractivity contribution in [3.63, 3.8) is 0 Å². The molecule has 2 aromatic carbocycles. The number of aryl methyl sites for hydroxylation is 1. The number of nitro benzene ring substituents is 1. The van der Waals surface area contributed by atoms with Crippen molar-refractivity contribution in [2.75, 3.05) is 13.2 Å². The summed E-state index contributed by atoms with van der Waals surface area (Å²) in [6.45, 7) is 2.22. The van der Waals surface area contributed by atoms with Crippen LogP contribution in [0.25, 0.3) is 6.08 Å². The molecule has 7 nitrogen and oxygen atoms in total. The lowest BCUT2D eigenvalue weighted by Gasteiger charge is -2.13. The first kappa shape index (κ1) is 19.9. The van der Waals surface area contributed by atoms with E-state index in [0.29, 0.717) is 11.3 Å². The van der Waals surface area contributed by atoms with E-state index in [1.165, 1.54) is 24.3 Å². The second-order valence-electron chi connectivity index (χ2n) is 5.96. The van der Waals surface area contributed by atoms with Gasteiger partial charge in [0.1, 0.15) is 12.4 Å². The molecule has 2 amide bonds. The lowest BCUT2D eigenvalue weighted by atomic mass is 10.2. The van der Waals surface area contributed by atoms with Gasteiger partial charge >= 0.3 is 0 Å². The molecule has 0 spiro atoms. The minimum absolute atomic E-state index is 0.0958. The molecule has 1 heterocycles. The number of benzene rings is 2. The van der Waals surface area contributed by atoms with Crippen molar-refractivity contribution >= 4 is 46.3 Å². The van der Waals surface area contributed by atoms with Crippen LogP contribution < -0.4 is 4.74 Å². The third kappa shape index (κ3) is 4.52. The van der Waals surface area contributed by atoms with Gasteiger partial charge in [-0.05, 0) is 43.0 Å². The van der Waals surface area contributed by atoms with E-state index in [4.69, 9.17) is 16.3 Å². The largest absolute Gasteiger partial charge is 0.492 e. The summed E-state index contributed by atoms with van der Waals surface area (Å²) in [6, 6.07) is 11.3. The molecule has 0 unspecified atom stereocenters. The molecule has 0 aromatic heterocycles. The molecule has 0 aliphatic carbocycles. The average Bonchev–Trinajstić information content (AvgIpc) is 2.92. The number of carbonyl (C=O) groups excluding carboxylic acids is 2. The Labute approximate surface area is 170 Å². The summed E-state index contributed by atoms with van der Waals surface area (Å²) < 4.78 is 5.56. The minimum atomic E-state index is -0.554. The zero-order chi connectivity index (χ0) is 20.3. The van der Waals surface area contributed by atoms with Crippen molar-refractivity contribution in [3.8, 4) is 5.75 Å². The summed E-state index contributed by atoms with van der Waals surface area (Å²) in [4.78, 5) is 36.3. The maximum atomic E-state index is 12.5. The molecule has 0 N–H and O–H groups in total. The average molecular weight is 419 g/mol. The van der Waals surface area contributed by atoms with Crippen LogP contribution in [0.5, 0.6) is 5.75 Å². The summed E-state index contributed by atoms with van der Waals surface area (Å²) in [5.41, 5.74) is 1.25. The van der Waals surface area contributed by atoms with Gasteiger partial charge in [0.25, 0.3) is 16.8 Å². The molecule has 1 aliphatic heterocycles. The molecule has 144 valence electrons. The Morgan fingerprint density at radius 3 is 2.61 bits per heavy atom. The lowest BCUT2D eigenvalue weighted by Crippen LogP contribution is -2.32. The molecule has 1 saturated heterocycles. The van der Waals surface area contributed by atoms with Crippen LogP contribution in [0.4, 0.5) is 10.5 Å². The third-order valence-corrected chi connectivity index (χ3v) is 5.21. The Balaban J connectivity index is 1.69. The maximum Gasteiger partial charge on any atom is 0.293 e. The number of hydrogen-bond donors (Lipinski definition) is 0. The van der Waals surface area contributed by atoms with E-state index in [0.717, 1.165) is 22.2 Å². The van der Waals surface area contributed by atoms with E-state index in [1.807, 2.05) is 31.2 Å². The SMILES string of the molecule is Cc1ccc(OCCN2C(=O)S/C(=C\c3cc([N+](=O)[O-])ccc3Cl)C2=O)cc1. The fourth-order valence-electron chi connectivity index (χ4n) is 2.48. The van der Waals surface area contributed by atoms with Gasteiger partial charge in [-0.2, -0.15) is 0 Å². The second-order valence-corrected chi connectivity index (χ2v) is 7.36. The highest BCUT2D eigenvalue weighted by Crippen LogP contribution is 2.34. The summed E-state index contributed by atoms with van der Waals surface area (Å²) >= 11 is 6.82. The van der Waals surface area contributed by atoms with E-state index >= 15 is 0 Å². The number of thioether (sulfide) groups is 1. The van der Waals surface area contributed by atoms with Crippen molar-refractivity contribution in [2.45, 2.75) is 6.92 Å². The van der Waals surface area contributed by atoms with Gasteiger partial charge in [-0.25, -0.2) is 0 Å². The Morgan fingerprint density at radius 2 is 1.93 bits per heavy atom. The number of imide groups is 1. The second kappa shape index (κ2) is 8.45. The zero-order valence-corrected chi connectivity index (χ0v) is 16.3. The topological polar surface area (TPSA) is 89.8 Å². The predicted molar refractivity (Wildman–Crippen MR) is 107 cm³/mol. The van der Waals surface area contributed by atoms with E-state index in [1.54, 1.807) is 0 Å². The standard InChI is InChI=1S/C19H15ClN2O5S/c1-12-2-5-15(6-3-12)27-9-8-21-18(23)17(28-19(21)24)11-13-10-14(22(25)26)4-7-16(13)20/h2-7,10-11H,8-9H2,1H3/b17-11-. The Kier molecular flexibility index (Phi) is 6.01. The number of nitrogens with zero attached hydrogens (tertiary/aromatic N) is 2. The van der Waals surface area contributed by atoms with E-state index in [9.17, 15) is 19.7 Å². The summed E-state index contributed by atoms with van der Waals surface area (Å²) in [5.74, 6) is 0.168. The molecular formula is C19H15ClN2O5S. The Morgan fingerprint density at radius 1 is 1.21 bits per heavy atom. The first-order valence-electron chi connectivity index (χ1n) is 8.24. The Hall–Kier alpha value is -2.84. The van der Waals surface area contributed by atoms with Crippen LogP contribution in [0.2, 0.25) is 5.02 Å².